The van der Waals surface area contributed by atoms with Gasteiger partial charge in [-0.25, -0.2) is 0 Å². The zero-order valence-electron chi connectivity index (χ0n) is 17.7. The lowest BCUT2D eigenvalue weighted by molar-refractivity contribution is -0.142. The number of benzene rings is 2. The first-order chi connectivity index (χ1) is 14.2. The predicted octanol–water partition coefficient (Wildman–Crippen LogP) is 5.05. The van der Waals surface area contributed by atoms with Crippen molar-refractivity contribution in [3.63, 3.8) is 0 Å². The molecule has 0 radical (unpaired) electrons. The van der Waals surface area contributed by atoms with Crippen molar-refractivity contribution < 1.29 is 14.3 Å². The molecule has 5 nitrogen and oxygen atoms in total. The summed E-state index contributed by atoms with van der Waals surface area (Å²) >= 11 is 12.3. The van der Waals surface area contributed by atoms with Crippen molar-refractivity contribution in [1.82, 2.24) is 10.2 Å². The van der Waals surface area contributed by atoms with Crippen molar-refractivity contribution in [2.45, 2.75) is 46.2 Å². The number of ether oxygens (including phenoxy) is 1. The Balaban J connectivity index is 2.15. The predicted molar refractivity (Wildman–Crippen MR) is 121 cm³/mol. The second kappa shape index (κ2) is 11.2. The van der Waals surface area contributed by atoms with E-state index in [1.54, 1.807) is 25.1 Å². The zero-order valence-corrected chi connectivity index (χ0v) is 19.3. The molecule has 0 aliphatic carbocycles. The van der Waals surface area contributed by atoms with Gasteiger partial charge in [0.1, 0.15) is 11.8 Å². The Bertz CT molecular complexity index is 869. The summed E-state index contributed by atoms with van der Waals surface area (Å²) in [7, 11) is 0. The summed E-state index contributed by atoms with van der Waals surface area (Å²) in [4.78, 5) is 26.8. The van der Waals surface area contributed by atoms with Gasteiger partial charge in [-0.05, 0) is 55.2 Å². The number of likely N-dealkylation sites (N-methyl/N-ethyl adjacent to an activating group) is 1. The van der Waals surface area contributed by atoms with Gasteiger partial charge in [-0.1, -0.05) is 55.2 Å². The minimum Gasteiger partial charge on any atom is -0.484 e. The van der Waals surface area contributed by atoms with Crippen molar-refractivity contribution in [3.05, 3.63) is 63.6 Å². The lowest BCUT2D eigenvalue weighted by Gasteiger charge is -2.29. The molecular formula is C23H28Cl2N2O3. The van der Waals surface area contributed by atoms with Crippen LogP contribution in [0.5, 0.6) is 5.75 Å². The summed E-state index contributed by atoms with van der Waals surface area (Å²) < 4.78 is 5.68. The van der Waals surface area contributed by atoms with E-state index in [1.165, 1.54) is 10.5 Å². The first-order valence-electron chi connectivity index (χ1n) is 9.96. The molecule has 0 saturated carbocycles. The first-order valence-corrected chi connectivity index (χ1v) is 10.7. The Labute approximate surface area is 188 Å². The van der Waals surface area contributed by atoms with Gasteiger partial charge in [-0.3, -0.25) is 9.59 Å². The number of nitrogens with one attached hydrogen (secondary N) is 1. The zero-order chi connectivity index (χ0) is 22.3. The van der Waals surface area contributed by atoms with Gasteiger partial charge in [0.2, 0.25) is 5.91 Å². The van der Waals surface area contributed by atoms with Crippen LogP contribution < -0.4 is 10.1 Å². The van der Waals surface area contributed by atoms with E-state index >= 15 is 0 Å². The summed E-state index contributed by atoms with van der Waals surface area (Å²) in [5.41, 5.74) is 1.89. The Hall–Kier alpha value is -2.24. The maximum absolute atomic E-state index is 13.0. The second-order valence-electron chi connectivity index (χ2n) is 7.34. The third-order valence-electron chi connectivity index (χ3n) is 4.78. The molecular weight excluding hydrogens is 423 g/mol. The highest BCUT2D eigenvalue weighted by molar-refractivity contribution is 6.35. The SMILES string of the molecule is CCNC(=O)[C@@H](C)N(Cc1ccc(Cl)cc1Cl)C(=O)COc1ccc(C(C)C)cc1. The number of halogens is 2. The number of carbonyl (C=O) groups is 2. The summed E-state index contributed by atoms with van der Waals surface area (Å²) in [6.07, 6.45) is 0. The van der Waals surface area contributed by atoms with Crippen molar-refractivity contribution in [2.24, 2.45) is 0 Å². The van der Waals surface area contributed by atoms with Gasteiger partial charge in [0.25, 0.3) is 5.91 Å². The van der Waals surface area contributed by atoms with Crippen LogP contribution in [0.2, 0.25) is 10.0 Å². The number of nitrogens with zero attached hydrogens (tertiary/aromatic N) is 1. The molecule has 0 aromatic heterocycles. The molecule has 162 valence electrons. The highest BCUT2D eigenvalue weighted by atomic mass is 35.5. The van der Waals surface area contributed by atoms with Gasteiger partial charge in [-0.2, -0.15) is 0 Å². The summed E-state index contributed by atoms with van der Waals surface area (Å²) in [5, 5.41) is 3.70. The van der Waals surface area contributed by atoms with Gasteiger partial charge in [0, 0.05) is 23.1 Å². The maximum atomic E-state index is 13.0. The van der Waals surface area contributed by atoms with Crippen LogP contribution >= 0.6 is 23.2 Å². The Morgan fingerprint density at radius 1 is 1.07 bits per heavy atom. The molecule has 0 unspecified atom stereocenters. The van der Waals surface area contributed by atoms with Gasteiger partial charge in [-0.15, -0.1) is 0 Å². The van der Waals surface area contributed by atoms with Gasteiger partial charge < -0.3 is 15.0 Å². The molecule has 7 heteroatoms. The molecule has 1 atom stereocenters. The maximum Gasteiger partial charge on any atom is 0.261 e. The number of rotatable bonds is 9. The fourth-order valence-electron chi connectivity index (χ4n) is 2.91. The van der Waals surface area contributed by atoms with E-state index in [1.807, 2.05) is 31.2 Å². The number of hydrogen-bond donors (Lipinski definition) is 1. The number of carbonyl (C=O) groups excluding carboxylic acids is 2. The summed E-state index contributed by atoms with van der Waals surface area (Å²) in [6.45, 7) is 8.20. The highest BCUT2D eigenvalue weighted by Crippen LogP contribution is 2.23. The minimum atomic E-state index is -0.684. The van der Waals surface area contributed by atoms with Crippen LogP contribution in [0, 0.1) is 0 Å². The largest absolute Gasteiger partial charge is 0.484 e. The second-order valence-corrected chi connectivity index (χ2v) is 8.18. The van der Waals surface area contributed by atoms with Crippen LogP contribution in [-0.4, -0.2) is 35.9 Å². The lowest BCUT2D eigenvalue weighted by Crippen LogP contribution is -2.49. The molecule has 30 heavy (non-hydrogen) atoms. The minimum absolute atomic E-state index is 0.169. The standard InChI is InChI=1S/C23H28Cl2N2O3/c1-5-26-23(29)16(4)27(13-18-6-9-19(24)12-21(18)25)22(28)14-30-20-10-7-17(8-11-20)15(2)3/h6-12,15-16H,5,13-14H2,1-4H3,(H,26,29)/t16-/m1/s1. The smallest absolute Gasteiger partial charge is 0.261 e. The monoisotopic (exact) mass is 450 g/mol. The van der Waals surface area contributed by atoms with Crippen molar-refractivity contribution in [2.75, 3.05) is 13.2 Å². The van der Waals surface area contributed by atoms with Gasteiger partial charge in [0.15, 0.2) is 6.61 Å². The third-order valence-corrected chi connectivity index (χ3v) is 5.37. The molecule has 0 heterocycles. The molecule has 0 aliphatic rings. The highest BCUT2D eigenvalue weighted by Gasteiger charge is 2.26. The number of amides is 2. The van der Waals surface area contributed by atoms with E-state index in [2.05, 4.69) is 19.2 Å². The van der Waals surface area contributed by atoms with E-state index in [0.29, 0.717) is 33.8 Å². The lowest BCUT2D eigenvalue weighted by atomic mass is 10.0. The molecule has 2 aromatic carbocycles. The van der Waals surface area contributed by atoms with Crippen LogP contribution in [0.4, 0.5) is 0 Å². The average Bonchev–Trinajstić information content (AvgIpc) is 2.71. The van der Waals surface area contributed by atoms with E-state index in [-0.39, 0.29) is 25.0 Å². The van der Waals surface area contributed by atoms with E-state index < -0.39 is 6.04 Å². The van der Waals surface area contributed by atoms with Crippen LogP contribution in [-0.2, 0) is 16.1 Å². The fraction of sp³-hybridized carbons (Fsp3) is 0.391. The quantitative estimate of drug-likeness (QED) is 0.581. The molecule has 2 rings (SSSR count). The Morgan fingerprint density at radius 2 is 1.73 bits per heavy atom. The summed E-state index contributed by atoms with van der Waals surface area (Å²) in [5.74, 6) is 0.464. The first kappa shape index (κ1) is 24.0. The van der Waals surface area contributed by atoms with Crippen LogP contribution in [0.3, 0.4) is 0 Å². The van der Waals surface area contributed by atoms with E-state index in [0.717, 1.165) is 0 Å². The van der Waals surface area contributed by atoms with Gasteiger partial charge >= 0.3 is 0 Å². The van der Waals surface area contributed by atoms with Crippen molar-refractivity contribution in [3.8, 4) is 5.75 Å². The van der Waals surface area contributed by atoms with Gasteiger partial charge in [0.05, 0.1) is 0 Å². The topological polar surface area (TPSA) is 58.6 Å². The molecule has 0 saturated heterocycles. The number of hydrogen-bond acceptors (Lipinski definition) is 3. The van der Waals surface area contributed by atoms with Crippen LogP contribution in [0.15, 0.2) is 42.5 Å². The Kier molecular flexibility index (Phi) is 9.00. The average molecular weight is 451 g/mol. The molecule has 0 bridgehead atoms. The molecule has 0 aliphatic heterocycles. The van der Waals surface area contributed by atoms with E-state index in [4.69, 9.17) is 27.9 Å². The molecule has 0 spiro atoms. The van der Waals surface area contributed by atoms with Crippen molar-refractivity contribution >= 4 is 35.0 Å². The van der Waals surface area contributed by atoms with Crippen LogP contribution in [0.1, 0.15) is 44.7 Å². The molecule has 2 amide bonds. The third kappa shape index (κ3) is 6.64. The molecule has 2 aromatic rings. The molecule has 0 fully saturated rings. The van der Waals surface area contributed by atoms with Crippen molar-refractivity contribution in [1.29, 1.82) is 0 Å². The summed E-state index contributed by atoms with van der Waals surface area (Å²) in [6, 6.07) is 12.0. The fourth-order valence-corrected chi connectivity index (χ4v) is 3.38. The Morgan fingerprint density at radius 3 is 2.30 bits per heavy atom. The van der Waals surface area contributed by atoms with Crippen LogP contribution in [0.25, 0.3) is 0 Å². The molecule has 1 N–H and O–H groups in total. The van der Waals surface area contributed by atoms with E-state index in [9.17, 15) is 9.59 Å². The normalized spacial score (nSPS) is 11.8.